The first-order chi connectivity index (χ1) is 5.60. The van der Waals surface area contributed by atoms with Gasteiger partial charge in [-0.25, -0.2) is 0 Å². The summed E-state index contributed by atoms with van der Waals surface area (Å²) in [4.78, 5) is 0. The molecule has 0 bridgehead atoms. The Labute approximate surface area is 82.7 Å². The molecule has 0 aliphatic heterocycles. The van der Waals surface area contributed by atoms with Crippen LogP contribution in [0.4, 0.5) is 0 Å². The van der Waals surface area contributed by atoms with Crippen molar-refractivity contribution >= 4 is 11.6 Å². The van der Waals surface area contributed by atoms with Crippen molar-refractivity contribution in [2.75, 3.05) is 5.88 Å². The molecule has 0 aromatic carbocycles. The number of halogens is 1. The molecular formula is C11H23Cl. The summed E-state index contributed by atoms with van der Waals surface area (Å²) in [5.74, 6) is 3.24. The van der Waals surface area contributed by atoms with E-state index >= 15 is 0 Å². The minimum Gasteiger partial charge on any atom is -0.126 e. The van der Waals surface area contributed by atoms with Crippen molar-refractivity contribution in [3.05, 3.63) is 0 Å². The molecule has 74 valence electrons. The average Bonchev–Trinajstić information content (AvgIpc) is 1.98. The van der Waals surface area contributed by atoms with Crippen LogP contribution in [0.25, 0.3) is 0 Å². The Balaban J connectivity index is 3.58. The number of rotatable bonds is 6. The zero-order valence-electron chi connectivity index (χ0n) is 8.94. The topological polar surface area (TPSA) is 0 Å². The molecule has 0 saturated heterocycles. The van der Waals surface area contributed by atoms with Gasteiger partial charge in [0.05, 0.1) is 0 Å². The fourth-order valence-corrected chi connectivity index (χ4v) is 2.15. The van der Waals surface area contributed by atoms with Crippen LogP contribution in [-0.4, -0.2) is 5.88 Å². The van der Waals surface area contributed by atoms with Gasteiger partial charge in [0.15, 0.2) is 0 Å². The van der Waals surface area contributed by atoms with Crippen molar-refractivity contribution in [3.8, 4) is 0 Å². The minimum absolute atomic E-state index is 0.736. The lowest BCUT2D eigenvalue weighted by Gasteiger charge is -2.18. The first-order valence-corrected chi connectivity index (χ1v) is 5.69. The first kappa shape index (κ1) is 12.3. The fourth-order valence-electron chi connectivity index (χ4n) is 1.81. The van der Waals surface area contributed by atoms with Crippen LogP contribution in [0.3, 0.4) is 0 Å². The lowest BCUT2D eigenvalue weighted by molar-refractivity contribution is 0.352. The van der Waals surface area contributed by atoms with Gasteiger partial charge in [0.25, 0.3) is 0 Å². The Morgan fingerprint density at radius 2 is 1.67 bits per heavy atom. The Morgan fingerprint density at radius 1 is 1.08 bits per heavy atom. The van der Waals surface area contributed by atoms with E-state index in [4.69, 9.17) is 11.6 Å². The third-order valence-corrected chi connectivity index (χ3v) is 2.84. The van der Waals surface area contributed by atoms with Crippen molar-refractivity contribution in [2.24, 2.45) is 17.8 Å². The maximum absolute atomic E-state index is 5.85. The highest BCUT2D eigenvalue weighted by Gasteiger charge is 2.11. The molecule has 0 fully saturated rings. The highest BCUT2D eigenvalue weighted by molar-refractivity contribution is 6.18. The van der Waals surface area contributed by atoms with Crippen molar-refractivity contribution in [2.45, 2.75) is 47.0 Å². The molecule has 2 atom stereocenters. The van der Waals surface area contributed by atoms with Crippen LogP contribution in [-0.2, 0) is 0 Å². The summed E-state index contributed by atoms with van der Waals surface area (Å²) in [6.07, 6.45) is 3.87. The number of hydrogen-bond donors (Lipinski definition) is 0. The fraction of sp³-hybridized carbons (Fsp3) is 1.00. The molecule has 0 aliphatic carbocycles. The van der Waals surface area contributed by atoms with E-state index in [-0.39, 0.29) is 0 Å². The predicted octanol–water partition coefficient (Wildman–Crippen LogP) is 4.32. The van der Waals surface area contributed by atoms with E-state index in [1.165, 1.54) is 19.3 Å². The molecular weight excluding hydrogens is 168 g/mol. The molecule has 0 nitrogen and oxygen atoms in total. The van der Waals surface area contributed by atoms with E-state index in [9.17, 15) is 0 Å². The van der Waals surface area contributed by atoms with Crippen LogP contribution in [0.1, 0.15) is 47.0 Å². The Morgan fingerprint density at radius 3 is 2.00 bits per heavy atom. The van der Waals surface area contributed by atoms with Gasteiger partial charge in [0.1, 0.15) is 0 Å². The normalized spacial score (nSPS) is 16.5. The summed E-state index contributed by atoms with van der Waals surface area (Å²) >= 11 is 5.85. The Kier molecular flexibility index (Phi) is 6.93. The molecule has 0 aromatic heterocycles. The molecule has 0 N–H and O–H groups in total. The number of alkyl halides is 1. The summed E-state index contributed by atoms with van der Waals surface area (Å²) in [5, 5.41) is 0. The van der Waals surface area contributed by atoms with Gasteiger partial charge < -0.3 is 0 Å². The van der Waals surface area contributed by atoms with Gasteiger partial charge in [0, 0.05) is 5.88 Å². The lowest BCUT2D eigenvalue weighted by atomic mass is 9.89. The van der Waals surface area contributed by atoms with E-state index in [0.717, 1.165) is 23.6 Å². The Hall–Kier alpha value is 0.290. The third-order valence-electron chi connectivity index (χ3n) is 2.41. The smallest absolute Gasteiger partial charge is 0.0251 e. The molecule has 1 heteroatoms. The zero-order chi connectivity index (χ0) is 9.56. The standard InChI is InChI=1S/C11H23Cl/c1-5-11(8-12)7-10(4)6-9(2)3/h9-11H,5-8H2,1-4H3. The van der Waals surface area contributed by atoms with Crippen LogP contribution < -0.4 is 0 Å². The van der Waals surface area contributed by atoms with E-state index in [0.29, 0.717) is 0 Å². The van der Waals surface area contributed by atoms with E-state index in [2.05, 4.69) is 27.7 Å². The van der Waals surface area contributed by atoms with Crippen LogP contribution in [0.15, 0.2) is 0 Å². The van der Waals surface area contributed by atoms with Gasteiger partial charge in [0.2, 0.25) is 0 Å². The summed E-state index contributed by atoms with van der Waals surface area (Å²) in [6, 6.07) is 0. The van der Waals surface area contributed by atoms with Crippen molar-refractivity contribution in [1.82, 2.24) is 0 Å². The molecule has 12 heavy (non-hydrogen) atoms. The van der Waals surface area contributed by atoms with Gasteiger partial charge in [-0.1, -0.05) is 34.1 Å². The molecule has 0 spiro atoms. The number of hydrogen-bond acceptors (Lipinski definition) is 0. The quantitative estimate of drug-likeness (QED) is 0.548. The summed E-state index contributed by atoms with van der Waals surface area (Å²) in [5.41, 5.74) is 0. The molecule has 0 amide bonds. The second kappa shape index (κ2) is 6.77. The van der Waals surface area contributed by atoms with Crippen molar-refractivity contribution in [1.29, 1.82) is 0 Å². The van der Waals surface area contributed by atoms with Crippen LogP contribution >= 0.6 is 11.6 Å². The molecule has 0 aliphatic rings. The van der Waals surface area contributed by atoms with Crippen LogP contribution in [0.5, 0.6) is 0 Å². The van der Waals surface area contributed by atoms with Crippen molar-refractivity contribution < 1.29 is 0 Å². The van der Waals surface area contributed by atoms with Crippen molar-refractivity contribution in [3.63, 3.8) is 0 Å². The van der Waals surface area contributed by atoms with Gasteiger partial charge in [-0.15, -0.1) is 11.6 Å². The molecule has 0 saturated carbocycles. The van der Waals surface area contributed by atoms with E-state index in [1.54, 1.807) is 0 Å². The SMILES string of the molecule is CCC(CCl)CC(C)CC(C)C. The average molecular weight is 191 g/mol. The molecule has 0 radical (unpaired) electrons. The largest absolute Gasteiger partial charge is 0.126 e. The molecule has 2 unspecified atom stereocenters. The van der Waals surface area contributed by atoms with Gasteiger partial charge in [-0.3, -0.25) is 0 Å². The van der Waals surface area contributed by atoms with E-state index < -0.39 is 0 Å². The zero-order valence-corrected chi connectivity index (χ0v) is 9.69. The Bertz CT molecular complexity index is 95.2. The minimum atomic E-state index is 0.736. The summed E-state index contributed by atoms with van der Waals surface area (Å²) in [6.45, 7) is 9.15. The summed E-state index contributed by atoms with van der Waals surface area (Å²) in [7, 11) is 0. The third kappa shape index (κ3) is 5.88. The van der Waals surface area contributed by atoms with Gasteiger partial charge in [-0.05, 0) is 30.6 Å². The van der Waals surface area contributed by atoms with Crippen LogP contribution in [0, 0.1) is 17.8 Å². The first-order valence-electron chi connectivity index (χ1n) is 5.16. The highest BCUT2D eigenvalue weighted by Crippen LogP contribution is 2.22. The van der Waals surface area contributed by atoms with Crippen LogP contribution in [0.2, 0.25) is 0 Å². The monoisotopic (exact) mass is 190 g/mol. The van der Waals surface area contributed by atoms with Gasteiger partial charge in [-0.2, -0.15) is 0 Å². The molecule has 0 heterocycles. The lowest BCUT2D eigenvalue weighted by Crippen LogP contribution is -2.09. The highest BCUT2D eigenvalue weighted by atomic mass is 35.5. The summed E-state index contributed by atoms with van der Waals surface area (Å²) < 4.78 is 0. The second-order valence-electron chi connectivity index (χ2n) is 4.40. The van der Waals surface area contributed by atoms with Gasteiger partial charge >= 0.3 is 0 Å². The maximum Gasteiger partial charge on any atom is 0.0251 e. The maximum atomic E-state index is 5.85. The predicted molar refractivity (Wildman–Crippen MR) is 57.7 cm³/mol. The second-order valence-corrected chi connectivity index (χ2v) is 4.71. The van der Waals surface area contributed by atoms with E-state index in [1.807, 2.05) is 0 Å². The molecule has 0 rings (SSSR count). The molecule has 0 aromatic rings.